The van der Waals surface area contributed by atoms with Crippen molar-refractivity contribution in [2.75, 3.05) is 7.11 Å². The average Bonchev–Trinajstić information content (AvgIpc) is 2.32. The standard InChI is InChI=1S/C12H13Cl2NO3/c1-7(12(16)17)5-11(15-18-2)8-3-4-9(13)10(14)6-8/h3-4,6-7H,5H2,1-2H3,(H,16,17)/b15-11-. The summed E-state index contributed by atoms with van der Waals surface area (Å²) in [6.45, 7) is 1.60. The van der Waals surface area contributed by atoms with E-state index in [-0.39, 0.29) is 6.42 Å². The number of halogens is 2. The first-order valence-electron chi connectivity index (χ1n) is 5.24. The van der Waals surface area contributed by atoms with Crippen molar-refractivity contribution >= 4 is 34.9 Å². The topological polar surface area (TPSA) is 58.9 Å². The lowest BCUT2D eigenvalue weighted by atomic mass is 9.99. The quantitative estimate of drug-likeness (QED) is 0.667. The number of nitrogens with zero attached hydrogens (tertiary/aromatic N) is 1. The average molecular weight is 290 g/mol. The Balaban J connectivity index is 3.01. The second-order valence-corrected chi connectivity index (χ2v) is 4.61. The number of benzene rings is 1. The molecule has 98 valence electrons. The van der Waals surface area contributed by atoms with Gasteiger partial charge in [0.05, 0.1) is 21.7 Å². The summed E-state index contributed by atoms with van der Waals surface area (Å²) in [4.78, 5) is 15.6. The smallest absolute Gasteiger partial charge is 0.306 e. The van der Waals surface area contributed by atoms with Crippen molar-refractivity contribution < 1.29 is 14.7 Å². The van der Waals surface area contributed by atoms with Crippen molar-refractivity contribution in [3.8, 4) is 0 Å². The minimum atomic E-state index is -0.890. The molecule has 0 aliphatic heterocycles. The zero-order chi connectivity index (χ0) is 13.7. The molecular formula is C12H13Cl2NO3. The van der Waals surface area contributed by atoms with Crippen LogP contribution in [0.5, 0.6) is 0 Å². The molecule has 1 unspecified atom stereocenters. The summed E-state index contributed by atoms with van der Waals surface area (Å²) in [7, 11) is 1.41. The molecule has 0 radical (unpaired) electrons. The second kappa shape index (κ2) is 6.61. The third-order valence-corrected chi connectivity index (χ3v) is 3.11. The van der Waals surface area contributed by atoms with Gasteiger partial charge in [-0.2, -0.15) is 0 Å². The maximum absolute atomic E-state index is 10.8. The summed E-state index contributed by atoms with van der Waals surface area (Å²) >= 11 is 11.7. The van der Waals surface area contributed by atoms with E-state index in [2.05, 4.69) is 5.16 Å². The van der Waals surface area contributed by atoms with Crippen molar-refractivity contribution in [1.29, 1.82) is 0 Å². The van der Waals surface area contributed by atoms with Gasteiger partial charge in [0.15, 0.2) is 0 Å². The minimum absolute atomic E-state index is 0.251. The molecule has 0 spiro atoms. The van der Waals surface area contributed by atoms with Gasteiger partial charge in [0.1, 0.15) is 7.11 Å². The van der Waals surface area contributed by atoms with Crippen LogP contribution in [0.1, 0.15) is 18.9 Å². The fourth-order valence-electron chi connectivity index (χ4n) is 1.37. The molecule has 0 amide bonds. The lowest BCUT2D eigenvalue weighted by molar-refractivity contribution is -0.140. The van der Waals surface area contributed by atoms with Crippen LogP contribution < -0.4 is 0 Å². The Morgan fingerprint density at radius 1 is 1.44 bits per heavy atom. The van der Waals surface area contributed by atoms with Crippen LogP contribution in [0.4, 0.5) is 0 Å². The zero-order valence-electron chi connectivity index (χ0n) is 9.98. The fourth-order valence-corrected chi connectivity index (χ4v) is 1.67. The van der Waals surface area contributed by atoms with Crippen molar-refractivity contribution in [2.24, 2.45) is 11.1 Å². The van der Waals surface area contributed by atoms with E-state index in [0.717, 1.165) is 0 Å². The van der Waals surface area contributed by atoms with Crippen LogP contribution in [-0.2, 0) is 9.63 Å². The number of oxime groups is 1. The van der Waals surface area contributed by atoms with Gasteiger partial charge in [0.2, 0.25) is 0 Å². The molecule has 0 saturated heterocycles. The van der Waals surface area contributed by atoms with E-state index in [1.54, 1.807) is 25.1 Å². The number of hydrogen-bond donors (Lipinski definition) is 1. The van der Waals surface area contributed by atoms with Crippen LogP contribution >= 0.6 is 23.2 Å². The first-order chi connectivity index (χ1) is 8.45. The summed E-state index contributed by atoms with van der Waals surface area (Å²) in [5, 5.41) is 13.6. The molecule has 0 aromatic heterocycles. The molecule has 6 heteroatoms. The highest BCUT2D eigenvalue weighted by molar-refractivity contribution is 6.42. The number of rotatable bonds is 5. The number of aliphatic carboxylic acids is 1. The van der Waals surface area contributed by atoms with Crippen LogP contribution in [-0.4, -0.2) is 23.9 Å². The first kappa shape index (κ1) is 14.8. The van der Waals surface area contributed by atoms with Crippen LogP contribution in [0.3, 0.4) is 0 Å². The highest BCUT2D eigenvalue weighted by Gasteiger charge is 2.17. The molecule has 4 nitrogen and oxygen atoms in total. The van der Waals surface area contributed by atoms with Crippen molar-refractivity contribution in [1.82, 2.24) is 0 Å². The maximum atomic E-state index is 10.8. The Kier molecular flexibility index (Phi) is 5.44. The number of carboxylic acid groups (broad SMARTS) is 1. The molecule has 0 aliphatic carbocycles. The Morgan fingerprint density at radius 3 is 2.61 bits per heavy atom. The van der Waals surface area contributed by atoms with E-state index < -0.39 is 11.9 Å². The molecule has 1 atom stereocenters. The van der Waals surface area contributed by atoms with Gasteiger partial charge in [-0.1, -0.05) is 41.3 Å². The van der Waals surface area contributed by atoms with Gasteiger partial charge in [-0.3, -0.25) is 4.79 Å². The molecule has 1 aromatic carbocycles. The number of carbonyl (C=O) groups is 1. The van der Waals surface area contributed by atoms with E-state index in [4.69, 9.17) is 33.1 Å². The van der Waals surface area contributed by atoms with E-state index in [1.807, 2.05) is 0 Å². The lowest BCUT2D eigenvalue weighted by Gasteiger charge is -2.10. The predicted molar refractivity (Wildman–Crippen MR) is 71.4 cm³/mol. The molecule has 0 aliphatic rings. The zero-order valence-corrected chi connectivity index (χ0v) is 11.5. The highest BCUT2D eigenvalue weighted by Crippen LogP contribution is 2.24. The highest BCUT2D eigenvalue weighted by atomic mass is 35.5. The van der Waals surface area contributed by atoms with Crippen molar-refractivity contribution in [3.05, 3.63) is 33.8 Å². The first-order valence-corrected chi connectivity index (χ1v) is 5.99. The third kappa shape index (κ3) is 3.89. The van der Waals surface area contributed by atoms with E-state index in [0.29, 0.717) is 21.3 Å². The summed E-state index contributed by atoms with van der Waals surface area (Å²) in [6, 6.07) is 4.99. The van der Waals surface area contributed by atoms with E-state index >= 15 is 0 Å². The second-order valence-electron chi connectivity index (χ2n) is 3.79. The Labute approximate surface area is 115 Å². The van der Waals surface area contributed by atoms with Gasteiger partial charge in [-0.25, -0.2) is 0 Å². The molecule has 0 fully saturated rings. The molecule has 1 N–H and O–H groups in total. The molecule has 0 heterocycles. The van der Waals surface area contributed by atoms with Gasteiger partial charge in [0, 0.05) is 12.0 Å². The summed E-state index contributed by atoms with van der Waals surface area (Å²) in [6.07, 6.45) is 0.251. The van der Waals surface area contributed by atoms with Gasteiger partial charge >= 0.3 is 5.97 Å². The van der Waals surface area contributed by atoms with Gasteiger partial charge < -0.3 is 9.94 Å². The van der Waals surface area contributed by atoms with Crippen LogP contribution in [0, 0.1) is 5.92 Å². The Morgan fingerprint density at radius 2 is 2.11 bits per heavy atom. The van der Waals surface area contributed by atoms with Crippen LogP contribution in [0.25, 0.3) is 0 Å². The largest absolute Gasteiger partial charge is 0.481 e. The molecule has 0 saturated carbocycles. The lowest BCUT2D eigenvalue weighted by Crippen LogP contribution is -2.15. The van der Waals surface area contributed by atoms with E-state index in [9.17, 15) is 4.79 Å². The minimum Gasteiger partial charge on any atom is -0.481 e. The maximum Gasteiger partial charge on any atom is 0.306 e. The fraction of sp³-hybridized carbons (Fsp3) is 0.333. The monoisotopic (exact) mass is 289 g/mol. The molecule has 18 heavy (non-hydrogen) atoms. The third-order valence-electron chi connectivity index (χ3n) is 2.38. The number of hydrogen-bond acceptors (Lipinski definition) is 3. The molecule has 0 bridgehead atoms. The molecular weight excluding hydrogens is 277 g/mol. The van der Waals surface area contributed by atoms with Crippen LogP contribution in [0.2, 0.25) is 10.0 Å². The van der Waals surface area contributed by atoms with Crippen LogP contribution in [0.15, 0.2) is 23.4 Å². The van der Waals surface area contributed by atoms with Crippen molar-refractivity contribution in [2.45, 2.75) is 13.3 Å². The molecule has 1 aromatic rings. The number of carboxylic acids is 1. The molecule has 1 rings (SSSR count). The SMILES string of the molecule is CO/N=C(/CC(C)C(=O)O)c1ccc(Cl)c(Cl)c1. The Bertz CT molecular complexity index is 474. The van der Waals surface area contributed by atoms with E-state index in [1.165, 1.54) is 7.11 Å². The summed E-state index contributed by atoms with van der Waals surface area (Å²) in [5.74, 6) is -1.45. The summed E-state index contributed by atoms with van der Waals surface area (Å²) < 4.78 is 0. The van der Waals surface area contributed by atoms with Crippen molar-refractivity contribution in [3.63, 3.8) is 0 Å². The summed E-state index contributed by atoms with van der Waals surface area (Å²) in [5.41, 5.74) is 1.21. The normalized spacial score (nSPS) is 13.2. The van der Waals surface area contributed by atoms with Gasteiger partial charge in [0.25, 0.3) is 0 Å². The Hall–Kier alpha value is -1.26. The van der Waals surface area contributed by atoms with Gasteiger partial charge in [-0.05, 0) is 12.1 Å². The predicted octanol–water partition coefficient (Wildman–Crippen LogP) is 3.45. The van der Waals surface area contributed by atoms with Gasteiger partial charge in [-0.15, -0.1) is 0 Å².